The Bertz CT molecular complexity index is 3870. The number of aliphatic hydroxyl groups excluding tert-OH is 1. The van der Waals surface area contributed by atoms with Crippen LogP contribution in [-0.2, 0) is 72.7 Å². The molecule has 0 unspecified atom stereocenters. The van der Waals surface area contributed by atoms with E-state index in [4.69, 9.17) is 33.0 Å². The second-order valence-corrected chi connectivity index (χ2v) is 37.4. The number of alkyl halides is 3. The van der Waals surface area contributed by atoms with Crippen LogP contribution in [-0.4, -0.2) is 37.1 Å². The van der Waals surface area contributed by atoms with Crippen molar-refractivity contribution in [3.8, 4) is 5.75 Å². The molecular formula is C98H139Cl2F3N2O3. The van der Waals surface area contributed by atoms with Crippen LogP contribution in [0.1, 0.15) is 268 Å². The standard InChI is InChI=1S/C13H18O.C12H19N.C11H13F3.2C11H16O.2C10H13Cl.C10H14.C9H13N.CH4/c1-10(14)8-11-6-5-7-12(9-11)13(2,3)4;1-12(2,3)10-6-8-11(9-7-10)13(4)5;1-10(2,3)8-5-4-6-9(7-8)11(12,13)14;1-11(2,3)9-6-5-7-10(8-9)12-4;1-11(2,3)10-6-4-9(8-12)5-7-10;1-10(2,3)8-4-6-9(11)7-5-8;1-10(2,3)8-5-4-6-9(11)7-8;1-10(2,3)9-7-5-4-6-8-9;1-9(2,3)8-5-4-6-10-7-8;/h5-7,9H,8H2,1-4H3;6-9H,1-5H3;4-7H,1-3H3;5-8H,1-4H3;4-7,12H,8H2,1-3H3;2*4-7H,1-3H3;4-8H,1-3H3;4-7H,1-3H3;1H4. The summed E-state index contributed by atoms with van der Waals surface area (Å²) in [6.07, 6.45) is 0.0143. The fraction of sp³-hybridized carbons (Fsp3) is 0.449. The van der Waals surface area contributed by atoms with Crippen molar-refractivity contribution in [3.63, 3.8) is 0 Å². The Morgan fingerprint density at radius 2 is 0.704 bits per heavy atom. The number of hydrogen-bond acceptors (Lipinski definition) is 5. The SMILES string of the molecule is C.CC(=O)Cc1cccc(C(C)(C)C)c1.CC(C)(C)c1ccc(CO)cc1.CC(C)(C)c1ccc(Cl)cc1.CC(C)(C)c1cccc(C(F)(F)F)c1.CC(C)(C)c1cccc(Cl)c1.CC(C)(C)c1ccccc1.CC(C)(C)c1cccnc1.CN(C)c1ccc(C(C)(C)C)cc1.COc1cccc(C(C)(C)C)c1. The van der Waals surface area contributed by atoms with Crippen molar-refractivity contribution in [1.82, 2.24) is 4.98 Å². The number of ketones is 1. The molecule has 1 N–H and O–H groups in total. The van der Waals surface area contributed by atoms with Crippen LogP contribution in [0, 0.1) is 0 Å². The van der Waals surface area contributed by atoms with Crippen molar-refractivity contribution in [2.75, 3.05) is 26.1 Å². The van der Waals surface area contributed by atoms with Gasteiger partial charge in [0.05, 0.1) is 19.3 Å². The zero-order valence-electron chi connectivity index (χ0n) is 71.3. The van der Waals surface area contributed by atoms with Crippen molar-refractivity contribution in [2.45, 2.75) is 269 Å². The Labute approximate surface area is 666 Å². The average molecular weight is 1520 g/mol. The van der Waals surface area contributed by atoms with E-state index in [0.29, 0.717) is 17.4 Å². The van der Waals surface area contributed by atoms with Gasteiger partial charge in [0.1, 0.15) is 11.5 Å². The first-order valence-electron chi connectivity index (χ1n) is 37.2. The molecule has 5 nitrogen and oxygen atoms in total. The second-order valence-electron chi connectivity index (χ2n) is 36.6. The van der Waals surface area contributed by atoms with Crippen LogP contribution in [0.15, 0.2) is 225 Å². The van der Waals surface area contributed by atoms with Gasteiger partial charge >= 0.3 is 6.18 Å². The largest absolute Gasteiger partial charge is 0.497 e. The first-order valence-corrected chi connectivity index (χ1v) is 37.9. The van der Waals surface area contributed by atoms with Gasteiger partial charge in [-0.25, -0.2) is 0 Å². The number of pyridine rings is 1. The predicted octanol–water partition coefficient (Wildman–Crippen LogP) is 28.9. The fourth-order valence-corrected chi connectivity index (χ4v) is 10.0. The number of aliphatic hydroxyl groups is 1. The molecule has 0 amide bonds. The normalized spacial score (nSPS) is 11.6. The number of benzene rings is 8. The zero-order valence-corrected chi connectivity index (χ0v) is 72.8. The molecule has 0 atom stereocenters. The minimum Gasteiger partial charge on any atom is -0.497 e. The van der Waals surface area contributed by atoms with E-state index in [1.54, 1.807) is 26.3 Å². The lowest BCUT2D eigenvalue weighted by Gasteiger charge is -2.20. The monoisotopic (exact) mass is 1520 g/mol. The number of methoxy groups -OCH3 is 1. The van der Waals surface area contributed by atoms with E-state index in [9.17, 15) is 18.0 Å². The molecule has 0 aliphatic carbocycles. The van der Waals surface area contributed by atoms with Gasteiger partial charge in [0.15, 0.2) is 0 Å². The molecule has 0 radical (unpaired) electrons. The highest BCUT2D eigenvalue weighted by Crippen LogP contribution is 2.34. The quantitative estimate of drug-likeness (QED) is 0.186. The third-order valence-electron chi connectivity index (χ3n) is 17.1. The Hall–Kier alpha value is -7.49. The maximum atomic E-state index is 12.4. The highest BCUT2D eigenvalue weighted by molar-refractivity contribution is 6.30. The second kappa shape index (κ2) is 44.4. The smallest absolute Gasteiger partial charge is 0.416 e. The number of Topliss-reactive ketones (excluding diaryl/α,β-unsaturated/α-hetero) is 1. The van der Waals surface area contributed by atoms with Crippen molar-refractivity contribution < 1.29 is 27.8 Å². The maximum Gasteiger partial charge on any atom is 0.416 e. The van der Waals surface area contributed by atoms with Gasteiger partial charge in [0.2, 0.25) is 0 Å². The summed E-state index contributed by atoms with van der Waals surface area (Å²) < 4.78 is 42.2. The molecular weight excluding hydrogens is 1380 g/mol. The highest BCUT2D eigenvalue weighted by Gasteiger charge is 2.31. The van der Waals surface area contributed by atoms with Crippen LogP contribution in [0.4, 0.5) is 18.9 Å². The molecule has 9 aromatic rings. The highest BCUT2D eigenvalue weighted by atomic mass is 35.5. The molecule has 0 aliphatic heterocycles. The van der Waals surface area contributed by atoms with Gasteiger partial charge in [-0.1, -0.05) is 369 Å². The minimum absolute atomic E-state index is 0. The van der Waals surface area contributed by atoms with Crippen LogP contribution in [0.5, 0.6) is 5.75 Å². The molecule has 108 heavy (non-hydrogen) atoms. The molecule has 10 heteroatoms. The summed E-state index contributed by atoms with van der Waals surface area (Å²) in [6, 6.07) is 69.4. The van der Waals surface area contributed by atoms with Crippen molar-refractivity contribution in [3.05, 3.63) is 302 Å². The van der Waals surface area contributed by atoms with Gasteiger partial charge in [0, 0.05) is 48.6 Å². The van der Waals surface area contributed by atoms with E-state index in [2.05, 4.69) is 305 Å². The van der Waals surface area contributed by atoms with E-state index in [1.807, 2.05) is 99.8 Å². The molecule has 594 valence electrons. The van der Waals surface area contributed by atoms with Crippen molar-refractivity contribution in [2.24, 2.45) is 0 Å². The van der Waals surface area contributed by atoms with Gasteiger partial charge in [-0.2, -0.15) is 13.2 Å². The zero-order chi connectivity index (χ0) is 82.4. The van der Waals surface area contributed by atoms with E-state index in [0.717, 1.165) is 33.0 Å². The van der Waals surface area contributed by atoms with E-state index in [1.165, 1.54) is 62.3 Å². The lowest BCUT2D eigenvalue weighted by atomic mass is 9.86. The average Bonchev–Trinajstić information content (AvgIpc) is 0.827. The summed E-state index contributed by atoms with van der Waals surface area (Å²) in [7, 11) is 5.82. The summed E-state index contributed by atoms with van der Waals surface area (Å²) in [4.78, 5) is 17.1. The molecule has 0 saturated heterocycles. The summed E-state index contributed by atoms with van der Waals surface area (Å²) in [6.45, 7) is 60.1. The summed E-state index contributed by atoms with van der Waals surface area (Å²) >= 11 is 11.6. The molecule has 0 saturated carbocycles. The van der Waals surface area contributed by atoms with E-state index >= 15 is 0 Å². The molecule has 8 aromatic carbocycles. The third kappa shape index (κ3) is 41.3. The molecule has 1 heterocycles. The van der Waals surface area contributed by atoms with E-state index < -0.39 is 11.7 Å². The summed E-state index contributed by atoms with van der Waals surface area (Å²) in [5, 5.41) is 10.5. The number of ether oxygens (including phenoxy) is 1. The minimum atomic E-state index is -4.25. The van der Waals surface area contributed by atoms with Crippen molar-refractivity contribution >= 4 is 34.7 Å². The molecule has 1 aromatic heterocycles. The Kier molecular flexibility index (Phi) is 41.3. The number of rotatable bonds is 5. The predicted molar refractivity (Wildman–Crippen MR) is 467 cm³/mol. The molecule has 0 spiro atoms. The van der Waals surface area contributed by atoms with Crippen molar-refractivity contribution in [1.29, 1.82) is 0 Å². The molecule has 9 rings (SSSR count). The number of aromatic nitrogens is 1. The van der Waals surface area contributed by atoms with Gasteiger partial charge in [-0.3, -0.25) is 9.78 Å². The number of anilines is 1. The Balaban J connectivity index is 0.00000119. The lowest BCUT2D eigenvalue weighted by molar-refractivity contribution is -0.137. The van der Waals surface area contributed by atoms with Crippen LogP contribution < -0.4 is 9.64 Å². The maximum absolute atomic E-state index is 12.4. The summed E-state index contributed by atoms with van der Waals surface area (Å²) in [5.74, 6) is 1.15. The Morgan fingerprint density at radius 3 is 1.04 bits per heavy atom. The van der Waals surface area contributed by atoms with Gasteiger partial charge in [-0.05, 0) is 178 Å². The number of carbonyl (C=O) groups is 1. The van der Waals surface area contributed by atoms with Gasteiger partial charge in [0.25, 0.3) is 0 Å². The Morgan fingerprint density at radius 1 is 0.370 bits per heavy atom. The lowest BCUT2D eigenvalue weighted by Crippen LogP contribution is -2.13. The fourth-order valence-electron chi connectivity index (χ4n) is 9.71. The van der Waals surface area contributed by atoms with Gasteiger partial charge in [-0.15, -0.1) is 0 Å². The summed E-state index contributed by atoms with van der Waals surface area (Å²) in [5.41, 5.74) is 15.6. The third-order valence-corrected chi connectivity index (χ3v) is 17.5. The van der Waals surface area contributed by atoms with Crippen LogP contribution in [0.2, 0.25) is 10.0 Å². The van der Waals surface area contributed by atoms with Gasteiger partial charge < -0.3 is 14.7 Å². The first kappa shape index (κ1) is 101. The number of nitrogens with zero attached hydrogens (tertiary/aromatic N) is 2. The molecule has 0 fully saturated rings. The number of carbonyl (C=O) groups excluding carboxylic acids is 1. The molecule has 0 aliphatic rings. The van der Waals surface area contributed by atoms with Crippen LogP contribution in [0.3, 0.4) is 0 Å². The number of halogens is 5. The van der Waals surface area contributed by atoms with Crippen LogP contribution in [0.25, 0.3) is 0 Å². The van der Waals surface area contributed by atoms with Crippen LogP contribution >= 0.6 is 23.2 Å². The first-order chi connectivity index (χ1) is 48.8. The molecule has 0 bridgehead atoms. The number of hydrogen-bond donors (Lipinski definition) is 1. The topological polar surface area (TPSA) is 62.7 Å². The van der Waals surface area contributed by atoms with E-state index in [-0.39, 0.29) is 63.1 Å².